The number of azide groups is 1. The molecule has 1 heterocycles. The lowest BCUT2D eigenvalue weighted by Gasteiger charge is -2.09. The van der Waals surface area contributed by atoms with E-state index in [4.69, 9.17) is 5.53 Å². The standard InChI is InChI=1S/C8H11N7O3S/c1-14(2)8(16)15-7(19(17,18)13-12-9)10-6(11-15)5-3-4-5/h5H,3-4H2,1-2H3. The van der Waals surface area contributed by atoms with Crippen LogP contribution in [-0.2, 0) is 10.0 Å². The molecular weight excluding hydrogens is 274 g/mol. The van der Waals surface area contributed by atoms with E-state index < -0.39 is 21.2 Å². The van der Waals surface area contributed by atoms with Gasteiger partial charge in [0.2, 0.25) is 0 Å². The van der Waals surface area contributed by atoms with Crippen LogP contribution in [0.1, 0.15) is 24.6 Å². The second-order valence-corrected chi connectivity index (χ2v) is 5.74. The van der Waals surface area contributed by atoms with E-state index in [1.54, 1.807) is 0 Å². The van der Waals surface area contributed by atoms with E-state index in [1.165, 1.54) is 14.1 Å². The third-order valence-corrected chi connectivity index (χ3v) is 3.49. The van der Waals surface area contributed by atoms with Gasteiger partial charge < -0.3 is 4.90 Å². The maximum Gasteiger partial charge on any atom is 0.346 e. The molecule has 0 unspecified atom stereocenters. The number of aromatic nitrogens is 3. The van der Waals surface area contributed by atoms with Crippen molar-refractivity contribution in [3.63, 3.8) is 0 Å². The van der Waals surface area contributed by atoms with Crippen LogP contribution in [0.3, 0.4) is 0 Å². The molecule has 1 aliphatic rings. The maximum absolute atomic E-state index is 11.9. The van der Waals surface area contributed by atoms with E-state index in [1.807, 2.05) is 0 Å². The highest BCUT2D eigenvalue weighted by molar-refractivity contribution is 7.89. The van der Waals surface area contributed by atoms with Crippen molar-refractivity contribution in [1.29, 1.82) is 0 Å². The molecule has 1 aromatic heterocycles. The molecule has 11 heteroatoms. The molecular formula is C8H11N7O3S. The molecule has 0 radical (unpaired) electrons. The van der Waals surface area contributed by atoms with Crippen molar-refractivity contribution in [3.8, 4) is 0 Å². The van der Waals surface area contributed by atoms with Crippen LogP contribution >= 0.6 is 0 Å². The number of hydrogen-bond acceptors (Lipinski definition) is 5. The second-order valence-electron chi connectivity index (χ2n) is 4.26. The Morgan fingerprint density at radius 1 is 1.53 bits per heavy atom. The molecule has 19 heavy (non-hydrogen) atoms. The van der Waals surface area contributed by atoms with Crippen LogP contribution in [0.4, 0.5) is 4.79 Å². The monoisotopic (exact) mass is 285 g/mol. The molecule has 0 aliphatic heterocycles. The number of amides is 1. The van der Waals surface area contributed by atoms with Gasteiger partial charge in [-0.05, 0) is 18.4 Å². The Kier molecular flexibility index (Phi) is 3.16. The number of sulfonamides is 1. The van der Waals surface area contributed by atoms with E-state index in [2.05, 4.69) is 19.5 Å². The lowest BCUT2D eigenvalue weighted by molar-refractivity contribution is 0.213. The molecule has 102 valence electrons. The highest BCUT2D eigenvalue weighted by Crippen LogP contribution is 2.38. The van der Waals surface area contributed by atoms with Gasteiger partial charge in [-0.1, -0.05) is 0 Å². The molecule has 1 aromatic rings. The van der Waals surface area contributed by atoms with Crippen molar-refractivity contribution >= 4 is 16.1 Å². The van der Waals surface area contributed by atoms with Crippen LogP contribution in [0.2, 0.25) is 0 Å². The van der Waals surface area contributed by atoms with E-state index >= 15 is 0 Å². The first-order valence-electron chi connectivity index (χ1n) is 5.37. The molecule has 1 amide bonds. The Hall–Kier alpha value is -2.13. The van der Waals surface area contributed by atoms with Gasteiger partial charge in [0.05, 0.1) is 0 Å². The summed E-state index contributed by atoms with van der Waals surface area (Å²) in [5.41, 5.74) is 8.26. The smallest absolute Gasteiger partial charge is 0.329 e. The molecule has 2 rings (SSSR count). The van der Waals surface area contributed by atoms with Crippen LogP contribution in [0.25, 0.3) is 10.4 Å². The van der Waals surface area contributed by atoms with E-state index in [-0.39, 0.29) is 11.7 Å². The third kappa shape index (κ3) is 2.51. The fraction of sp³-hybridized carbons (Fsp3) is 0.625. The van der Waals surface area contributed by atoms with Gasteiger partial charge >= 0.3 is 6.03 Å². The van der Waals surface area contributed by atoms with Crippen molar-refractivity contribution in [2.45, 2.75) is 23.9 Å². The maximum atomic E-state index is 11.9. The molecule has 0 aromatic carbocycles. The summed E-state index contributed by atoms with van der Waals surface area (Å²) in [5.74, 6) is 0.346. The molecule has 0 N–H and O–H groups in total. The van der Waals surface area contributed by atoms with Crippen LogP contribution in [-0.4, -0.2) is 48.2 Å². The fourth-order valence-electron chi connectivity index (χ4n) is 1.39. The minimum Gasteiger partial charge on any atom is -0.329 e. The minimum absolute atomic E-state index is 0.0660. The lowest BCUT2D eigenvalue weighted by Crippen LogP contribution is -2.30. The molecule has 1 aliphatic carbocycles. The summed E-state index contributed by atoms with van der Waals surface area (Å²) in [5, 5.41) is 3.25. The van der Waals surface area contributed by atoms with Crippen molar-refractivity contribution in [2.24, 2.45) is 4.52 Å². The molecule has 0 bridgehead atoms. The number of carbonyl (C=O) groups excluding carboxylic acids is 1. The molecule has 1 saturated carbocycles. The molecule has 0 spiro atoms. The predicted octanol–water partition coefficient (Wildman–Crippen LogP) is 0.684. The molecule has 1 fully saturated rings. The quantitative estimate of drug-likeness (QED) is 0.457. The SMILES string of the molecule is CN(C)C(=O)n1nc(C2CC2)nc1S(=O)(=O)N=[N+]=[N-]. The van der Waals surface area contributed by atoms with Gasteiger partial charge in [0.25, 0.3) is 15.2 Å². The number of rotatable bonds is 3. The first kappa shape index (κ1) is 13.3. The Morgan fingerprint density at radius 2 is 2.16 bits per heavy atom. The number of hydrogen-bond donors (Lipinski definition) is 0. The predicted molar refractivity (Wildman–Crippen MR) is 62.8 cm³/mol. The fourth-order valence-corrected chi connectivity index (χ4v) is 2.11. The van der Waals surface area contributed by atoms with E-state index in [0.29, 0.717) is 4.68 Å². The normalized spacial score (nSPS) is 14.8. The van der Waals surface area contributed by atoms with Gasteiger partial charge in [-0.15, -0.1) is 5.10 Å². The lowest BCUT2D eigenvalue weighted by atomic mass is 10.4. The van der Waals surface area contributed by atoms with E-state index in [9.17, 15) is 13.2 Å². The summed E-state index contributed by atoms with van der Waals surface area (Å²) in [6.07, 6.45) is 1.70. The minimum atomic E-state index is -4.35. The highest BCUT2D eigenvalue weighted by atomic mass is 32.2. The van der Waals surface area contributed by atoms with Gasteiger partial charge in [-0.2, -0.15) is 4.68 Å². The second kappa shape index (κ2) is 4.52. The zero-order chi connectivity index (χ0) is 14.2. The van der Waals surface area contributed by atoms with Gasteiger partial charge in [0, 0.05) is 29.4 Å². The summed E-state index contributed by atoms with van der Waals surface area (Å²) in [6, 6.07) is -0.675. The van der Waals surface area contributed by atoms with Crippen molar-refractivity contribution in [1.82, 2.24) is 19.7 Å². The average Bonchev–Trinajstić information content (AvgIpc) is 3.07. The summed E-state index contributed by atoms with van der Waals surface area (Å²) in [7, 11) is -1.46. The van der Waals surface area contributed by atoms with E-state index in [0.717, 1.165) is 17.7 Å². The first-order valence-corrected chi connectivity index (χ1v) is 6.81. The van der Waals surface area contributed by atoms with Crippen molar-refractivity contribution < 1.29 is 13.2 Å². The zero-order valence-corrected chi connectivity index (χ0v) is 11.1. The van der Waals surface area contributed by atoms with Crippen LogP contribution < -0.4 is 0 Å². The Balaban J connectivity index is 2.57. The Bertz CT molecular complexity index is 667. The first-order chi connectivity index (χ1) is 8.86. The van der Waals surface area contributed by atoms with Gasteiger partial charge in [0.1, 0.15) is 0 Å². The van der Waals surface area contributed by atoms with Crippen molar-refractivity contribution in [3.05, 3.63) is 16.3 Å². The van der Waals surface area contributed by atoms with Crippen LogP contribution in [0, 0.1) is 0 Å². The Morgan fingerprint density at radius 3 is 2.63 bits per heavy atom. The largest absolute Gasteiger partial charge is 0.346 e. The van der Waals surface area contributed by atoms with Gasteiger partial charge in [0.15, 0.2) is 5.82 Å². The molecule has 0 atom stereocenters. The zero-order valence-electron chi connectivity index (χ0n) is 10.3. The van der Waals surface area contributed by atoms with Crippen LogP contribution in [0.15, 0.2) is 9.68 Å². The van der Waals surface area contributed by atoms with Gasteiger partial charge in [-0.3, -0.25) is 0 Å². The summed E-state index contributed by atoms with van der Waals surface area (Å²) >= 11 is 0. The molecule has 0 saturated heterocycles. The number of carbonyl (C=O) groups is 1. The highest BCUT2D eigenvalue weighted by Gasteiger charge is 2.34. The third-order valence-electron chi connectivity index (χ3n) is 2.47. The van der Waals surface area contributed by atoms with Crippen molar-refractivity contribution in [2.75, 3.05) is 14.1 Å². The average molecular weight is 285 g/mol. The van der Waals surface area contributed by atoms with Gasteiger partial charge in [-0.25, -0.2) is 18.2 Å². The topological polar surface area (TPSA) is 134 Å². The molecule has 10 nitrogen and oxygen atoms in total. The number of nitrogens with zero attached hydrogens (tertiary/aromatic N) is 7. The summed E-state index contributed by atoms with van der Waals surface area (Å²) in [6.45, 7) is 0. The summed E-state index contributed by atoms with van der Waals surface area (Å²) in [4.78, 5) is 19.1. The summed E-state index contributed by atoms with van der Waals surface area (Å²) < 4.78 is 26.8. The van der Waals surface area contributed by atoms with Crippen LogP contribution in [0.5, 0.6) is 0 Å². The Labute approximate surface area is 108 Å².